The number of nitrogens with zero attached hydrogens (tertiary/aromatic N) is 1. The molecule has 0 unspecified atom stereocenters. The van der Waals surface area contributed by atoms with Gasteiger partial charge in [-0.2, -0.15) is 0 Å². The lowest BCUT2D eigenvalue weighted by molar-refractivity contribution is -0.929. The zero-order valence-electron chi connectivity index (χ0n) is 28.2. The highest BCUT2D eigenvalue weighted by Gasteiger charge is 2.32. The fourth-order valence-corrected chi connectivity index (χ4v) is 6.52. The number of carboxylic acid groups (broad SMARTS) is 1. The van der Waals surface area contributed by atoms with Gasteiger partial charge in [0.1, 0.15) is 12.7 Å². The molecule has 0 aromatic heterocycles. The van der Waals surface area contributed by atoms with Crippen molar-refractivity contribution in [3.05, 3.63) is 59.7 Å². The van der Waals surface area contributed by atoms with Crippen molar-refractivity contribution in [2.24, 2.45) is 0 Å². The van der Waals surface area contributed by atoms with Crippen molar-refractivity contribution in [3.63, 3.8) is 0 Å². The number of aliphatic carboxylic acids is 1. The Hall–Kier alpha value is -2.99. The summed E-state index contributed by atoms with van der Waals surface area (Å²) in [7, 11) is -5.14. The summed E-state index contributed by atoms with van der Waals surface area (Å²) in [4.78, 5) is 23.4. The summed E-state index contributed by atoms with van der Waals surface area (Å²) in [6.45, 7) is 16.0. The number of hydrogen-bond donors (Lipinski definition) is 2. The topological polar surface area (TPSA) is 142 Å². The summed E-state index contributed by atoms with van der Waals surface area (Å²) in [5.41, 5.74) is 4.02. The SMILES string of the molecule is CCCC[N+](CCCC)(CCCC)CCCC.C[C@@H](OS(=O)(=O)[O-])[C@H](NC(=O)OCC1c2ccccc2-c2ccccc21)C(=O)O. The molecule has 0 spiro atoms. The van der Waals surface area contributed by atoms with Crippen LogP contribution in [-0.4, -0.2) is 79.6 Å². The van der Waals surface area contributed by atoms with E-state index in [0.29, 0.717) is 0 Å². The summed E-state index contributed by atoms with van der Waals surface area (Å²) in [6, 6.07) is 13.6. The lowest BCUT2D eigenvalue weighted by Gasteiger charge is -2.39. The Bertz CT molecular complexity index is 1250. The van der Waals surface area contributed by atoms with Crippen molar-refractivity contribution in [2.45, 2.75) is 104 Å². The number of rotatable bonds is 19. The molecule has 10 nitrogen and oxygen atoms in total. The number of quaternary nitrogens is 1. The van der Waals surface area contributed by atoms with Crippen LogP contribution in [0, 0.1) is 0 Å². The summed E-state index contributed by atoms with van der Waals surface area (Å²) in [5, 5.41) is 11.2. The molecule has 1 aliphatic carbocycles. The predicted octanol–water partition coefficient (Wildman–Crippen LogP) is 6.85. The normalized spacial score (nSPS) is 14.0. The fourth-order valence-electron chi connectivity index (χ4n) is 6.03. The van der Waals surface area contributed by atoms with Crippen LogP contribution in [0.5, 0.6) is 0 Å². The predicted molar refractivity (Wildman–Crippen MR) is 179 cm³/mol. The van der Waals surface area contributed by atoms with E-state index < -0.39 is 34.6 Å². The first-order valence-electron chi connectivity index (χ1n) is 16.7. The third-order valence-electron chi connectivity index (χ3n) is 8.57. The van der Waals surface area contributed by atoms with Crippen LogP contribution in [0.3, 0.4) is 0 Å². The lowest BCUT2D eigenvalue weighted by Crippen LogP contribution is -2.50. The van der Waals surface area contributed by atoms with E-state index in [4.69, 9.17) is 4.74 Å². The maximum absolute atomic E-state index is 12.1. The third kappa shape index (κ3) is 12.3. The van der Waals surface area contributed by atoms with Crippen molar-refractivity contribution >= 4 is 22.5 Å². The number of benzene rings is 2. The van der Waals surface area contributed by atoms with Crippen molar-refractivity contribution in [2.75, 3.05) is 32.8 Å². The van der Waals surface area contributed by atoms with Crippen molar-refractivity contribution < 1.29 is 41.1 Å². The van der Waals surface area contributed by atoms with E-state index >= 15 is 0 Å². The van der Waals surface area contributed by atoms with Crippen LogP contribution in [0.4, 0.5) is 4.79 Å². The number of carbonyl (C=O) groups excluding carboxylic acids is 1. The minimum absolute atomic E-state index is 0.0543. The molecule has 2 N–H and O–H groups in total. The maximum atomic E-state index is 12.1. The second-order valence-corrected chi connectivity index (χ2v) is 13.2. The molecule has 46 heavy (non-hydrogen) atoms. The molecule has 0 radical (unpaired) electrons. The van der Waals surface area contributed by atoms with Gasteiger partial charge in [0, 0.05) is 5.92 Å². The van der Waals surface area contributed by atoms with E-state index in [1.807, 2.05) is 53.8 Å². The highest BCUT2D eigenvalue weighted by molar-refractivity contribution is 7.80. The zero-order chi connectivity index (χ0) is 34.2. The number of alkyl carbamates (subject to hydrolysis) is 1. The molecule has 0 heterocycles. The first-order valence-corrected chi connectivity index (χ1v) is 18.1. The Morgan fingerprint density at radius 2 is 1.24 bits per heavy atom. The van der Waals surface area contributed by atoms with Gasteiger partial charge in [-0.05, 0) is 54.9 Å². The van der Waals surface area contributed by atoms with Gasteiger partial charge in [0.25, 0.3) is 0 Å². The monoisotopic (exact) mass is 662 g/mol. The van der Waals surface area contributed by atoms with E-state index in [1.165, 1.54) is 82.0 Å². The van der Waals surface area contributed by atoms with Crippen LogP contribution >= 0.6 is 0 Å². The van der Waals surface area contributed by atoms with E-state index in [0.717, 1.165) is 29.2 Å². The largest absolute Gasteiger partial charge is 0.726 e. The van der Waals surface area contributed by atoms with Crippen LogP contribution in [0.2, 0.25) is 0 Å². The second-order valence-electron chi connectivity index (χ2n) is 12.1. The highest BCUT2D eigenvalue weighted by Crippen LogP contribution is 2.44. The van der Waals surface area contributed by atoms with Crippen LogP contribution in [0.15, 0.2) is 48.5 Å². The lowest BCUT2D eigenvalue weighted by atomic mass is 9.98. The average Bonchev–Trinajstić information content (AvgIpc) is 3.34. The fraction of sp³-hybridized carbons (Fsp3) is 0.600. The number of ether oxygens (including phenoxy) is 1. The quantitative estimate of drug-likeness (QED) is 0.0945. The van der Waals surface area contributed by atoms with E-state index in [2.05, 4.69) is 31.9 Å². The summed E-state index contributed by atoms with van der Waals surface area (Å²) in [5.74, 6) is -1.80. The average molecular weight is 663 g/mol. The first-order chi connectivity index (χ1) is 21.9. The number of carboxylic acids is 1. The zero-order valence-corrected chi connectivity index (χ0v) is 29.0. The molecule has 3 rings (SSSR count). The van der Waals surface area contributed by atoms with Gasteiger partial charge in [-0.25, -0.2) is 18.0 Å². The molecule has 2 aromatic carbocycles. The molecule has 258 valence electrons. The van der Waals surface area contributed by atoms with Crippen molar-refractivity contribution in [1.29, 1.82) is 0 Å². The molecule has 11 heteroatoms. The molecule has 0 saturated heterocycles. The van der Waals surface area contributed by atoms with Crippen LogP contribution in [0.25, 0.3) is 11.1 Å². The highest BCUT2D eigenvalue weighted by atomic mass is 32.3. The minimum atomic E-state index is -5.14. The third-order valence-corrected chi connectivity index (χ3v) is 9.11. The summed E-state index contributed by atoms with van der Waals surface area (Å²) >= 11 is 0. The van der Waals surface area contributed by atoms with Crippen LogP contribution in [0.1, 0.15) is 103 Å². The van der Waals surface area contributed by atoms with Crippen LogP contribution in [-0.2, 0) is 24.1 Å². The summed E-state index contributed by atoms with van der Waals surface area (Å²) < 4.78 is 42.7. The number of nitrogens with one attached hydrogen (secondary N) is 1. The van der Waals surface area contributed by atoms with Gasteiger partial charge in [-0.3, -0.25) is 4.18 Å². The summed E-state index contributed by atoms with van der Waals surface area (Å²) in [6.07, 6.45) is 8.37. The number of carbonyl (C=O) groups is 2. The number of hydrogen-bond acceptors (Lipinski definition) is 7. The molecule has 0 saturated carbocycles. The Morgan fingerprint density at radius 3 is 1.61 bits per heavy atom. The van der Waals surface area contributed by atoms with Gasteiger partial charge in [-0.1, -0.05) is 102 Å². The van der Waals surface area contributed by atoms with Crippen LogP contribution < -0.4 is 5.32 Å². The van der Waals surface area contributed by atoms with Gasteiger partial charge >= 0.3 is 12.1 Å². The first kappa shape index (κ1) is 39.2. The van der Waals surface area contributed by atoms with Gasteiger partial charge in [-0.15, -0.1) is 0 Å². The molecular weight excluding hydrogens is 608 g/mol. The molecule has 0 bridgehead atoms. The van der Waals surface area contributed by atoms with Gasteiger partial charge in [0.2, 0.25) is 10.4 Å². The molecule has 0 aliphatic heterocycles. The molecule has 2 atom stereocenters. The van der Waals surface area contributed by atoms with Gasteiger partial charge in [0.15, 0.2) is 6.04 Å². The van der Waals surface area contributed by atoms with Crippen molar-refractivity contribution in [1.82, 2.24) is 5.32 Å². The Kier molecular flexibility index (Phi) is 16.7. The smallest absolute Gasteiger partial charge is 0.407 e. The Balaban J connectivity index is 0.000000372. The molecule has 0 fully saturated rings. The number of unbranched alkanes of at least 4 members (excludes halogenated alkanes) is 4. The molecule has 1 amide bonds. The number of fused-ring (bicyclic) bond motifs is 3. The van der Waals surface area contributed by atoms with E-state index in [9.17, 15) is 27.7 Å². The molecule has 2 aromatic rings. The van der Waals surface area contributed by atoms with Gasteiger partial charge < -0.3 is 24.2 Å². The molecular formula is C35H54N2O8S. The van der Waals surface area contributed by atoms with Gasteiger partial charge in [0.05, 0.1) is 26.2 Å². The van der Waals surface area contributed by atoms with Crippen molar-refractivity contribution in [3.8, 4) is 11.1 Å². The molecule has 1 aliphatic rings. The maximum Gasteiger partial charge on any atom is 0.407 e. The Labute approximate surface area is 276 Å². The van der Waals surface area contributed by atoms with E-state index in [1.54, 1.807) is 0 Å². The Morgan fingerprint density at radius 1 is 0.826 bits per heavy atom. The van der Waals surface area contributed by atoms with E-state index in [-0.39, 0.29) is 12.5 Å². The number of amides is 1. The standard InChI is InChI=1S/C19H19NO8S.C16H36N/c1-11(28-29(24,25)26)17(18(21)22)20-19(23)27-10-16-14-8-4-2-6-12(14)13-7-3-5-9-15(13)16;1-5-9-13-17(14-10-6-2,15-11-7-3)16-12-8-4/h2-9,11,16-17H,10H2,1H3,(H,20,23)(H,21,22)(H,24,25,26);5-16H2,1-4H3/q;+1/p-1/t11-,17+;/m1./s1. The second kappa shape index (κ2) is 19.6. The minimum Gasteiger partial charge on any atom is -0.726 e.